The number of sulfonamides is 1. The summed E-state index contributed by atoms with van der Waals surface area (Å²) in [5.74, 6) is -1.29. The average molecular weight is 314 g/mol. The lowest BCUT2D eigenvalue weighted by molar-refractivity contribution is -0.141. The molecule has 3 N–H and O–H groups in total. The number of carboxylic acids is 1. The molecule has 0 bridgehead atoms. The van der Waals surface area contributed by atoms with E-state index in [2.05, 4.69) is 4.72 Å². The maximum atomic E-state index is 12.1. The van der Waals surface area contributed by atoms with Gasteiger partial charge in [0.2, 0.25) is 10.0 Å². The van der Waals surface area contributed by atoms with Crippen LogP contribution in [0.2, 0.25) is 0 Å². The van der Waals surface area contributed by atoms with Gasteiger partial charge in [0.25, 0.3) is 0 Å². The Morgan fingerprint density at radius 3 is 2.29 bits per heavy atom. The number of nitrogens with zero attached hydrogens (tertiary/aromatic N) is 1. The number of carboxylic acid groups (broad SMARTS) is 2. The van der Waals surface area contributed by atoms with Gasteiger partial charge in [-0.25, -0.2) is 22.7 Å². The molecule has 114 valence electrons. The first-order valence-electron chi connectivity index (χ1n) is 6.11. The Labute approximate surface area is 121 Å². The van der Waals surface area contributed by atoms with Crippen LogP contribution >= 0.6 is 0 Å². The van der Waals surface area contributed by atoms with Gasteiger partial charge < -0.3 is 10.2 Å². The second-order valence-electron chi connectivity index (χ2n) is 4.66. The second-order valence-corrected chi connectivity index (χ2v) is 6.37. The first-order valence-corrected chi connectivity index (χ1v) is 7.59. The zero-order valence-electron chi connectivity index (χ0n) is 10.8. The third-order valence-corrected chi connectivity index (χ3v) is 4.74. The van der Waals surface area contributed by atoms with Crippen LogP contribution in [0.1, 0.15) is 6.42 Å². The van der Waals surface area contributed by atoms with Gasteiger partial charge in [-0.3, -0.25) is 4.90 Å². The first-order chi connectivity index (χ1) is 9.81. The van der Waals surface area contributed by atoms with E-state index in [1.54, 1.807) is 18.2 Å². The third kappa shape index (κ3) is 3.31. The number of benzene rings is 1. The van der Waals surface area contributed by atoms with Crippen LogP contribution in [0.4, 0.5) is 4.79 Å². The van der Waals surface area contributed by atoms with Crippen molar-refractivity contribution in [3.05, 3.63) is 30.3 Å². The summed E-state index contributed by atoms with van der Waals surface area (Å²) >= 11 is 0. The molecule has 8 nitrogen and oxygen atoms in total. The summed E-state index contributed by atoms with van der Waals surface area (Å²) < 4.78 is 26.6. The van der Waals surface area contributed by atoms with Crippen LogP contribution in [0.15, 0.2) is 35.2 Å². The van der Waals surface area contributed by atoms with Crippen molar-refractivity contribution in [1.29, 1.82) is 0 Å². The molecule has 0 unspecified atom stereocenters. The van der Waals surface area contributed by atoms with E-state index >= 15 is 0 Å². The predicted octanol–water partition coefficient (Wildman–Crippen LogP) is 0.170. The molecule has 2 atom stereocenters. The Bertz CT molecular complexity index is 623. The fourth-order valence-corrected chi connectivity index (χ4v) is 3.52. The van der Waals surface area contributed by atoms with Crippen molar-refractivity contribution in [2.45, 2.75) is 23.4 Å². The lowest BCUT2D eigenvalue weighted by Gasteiger charge is -2.16. The monoisotopic (exact) mass is 314 g/mol. The minimum Gasteiger partial charge on any atom is -0.480 e. The van der Waals surface area contributed by atoms with E-state index < -0.39 is 34.2 Å². The maximum absolute atomic E-state index is 12.1. The standard InChI is InChI=1S/C12H14N2O6S/c15-11(16)10-6-8(7-14(10)12(17)18)13-21(19,20)9-4-2-1-3-5-9/h1-5,8,10,13H,6-7H2,(H,15,16)(H,17,18)/t8-,10+/m0/s1. The van der Waals surface area contributed by atoms with Gasteiger partial charge in [0.15, 0.2) is 0 Å². The van der Waals surface area contributed by atoms with E-state index in [4.69, 9.17) is 10.2 Å². The number of hydrogen-bond donors (Lipinski definition) is 3. The van der Waals surface area contributed by atoms with Gasteiger partial charge in [-0.15, -0.1) is 0 Å². The lowest BCUT2D eigenvalue weighted by Crippen LogP contribution is -2.40. The molecule has 1 aromatic carbocycles. The molecule has 0 saturated carbocycles. The minimum atomic E-state index is -3.80. The van der Waals surface area contributed by atoms with Crippen molar-refractivity contribution < 1.29 is 28.2 Å². The van der Waals surface area contributed by atoms with E-state index in [-0.39, 0.29) is 17.9 Å². The van der Waals surface area contributed by atoms with Gasteiger partial charge in [-0.2, -0.15) is 0 Å². The number of amides is 1. The molecule has 0 aliphatic carbocycles. The molecule has 2 rings (SSSR count). The topological polar surface area (TPSA) is 124 Å². The molecule has 1 heterocycles. The number of aliphatic carboxylic acids is 1. The molecule has 0 radical (unpaired) electrons. The van der Waals surface area contributed by atoms with E-state index in [0.717, 1.165) is 4.90 Å². The van der Waals surface area contributed by atoms with E-state index in [1.807, 2.05) is 0 Å². The normalized spacial score (nSPS) is 22.2. The van der Waals surface area contributed by atoms with Gasteiger partial charge in [0, 0.05) is 12.6 Å². The van der Waals surface area contributed by atoms with Crippen molar-refractivity contribution in [2.75, 3.05) is 6.54 Å². The van der Waals surface area contributed by atoms with Gasteiger partial charge in [-0.05, 0) is 18.6 Å². The highest BCUT2D eigenvalue weighted by Gasteiger charge is 2.41. The number of nitrogens with one attached hydrogen (secondary N) is 1. The maximum Gasteiger partial charge on any atom is 0.408 e. The Hall–Kier alpha value is -2.13. The molecule has 21 heavy (non-hydrogen) atoms. The summed E-state index contributed by atoms with van der Waals surface area (Å²) in [6, 6.07) is 5.58. The highest BCUT2D eigenvalue weighted by molar-refractivity contribution is 7.89. The van der Waals surface area contributed by atoms with Crippen LogP contribution in [0.5, 0.6) is 0 Å². The van der Waals surface area contributed by atoms with Crippen LogP contribution in [-0.2, 0) is 14.8 Å². The quantitative estimate of drug-likeness (QED) is 0.728. The van der Waals surface area contributed by atoms with Gasteiger partial charge in [0.05, 0.1) is 4.90 Å². The number of rotatable bonds is 4. The molecule has 1 amide bonds. The van der Waals surface area contributed by atoms with Gasteiger partial charge in [-0.1, -0.05) is 18.2 Å². The van der Waals surface area contributed by atoms with Crippen molar-refractivity contribution in [3.8, 4) is 0 Å². The van der Waals surface area contributed by atoms with Crippen LogP contribution in [0.25, 0.3) is 0 Å². The molecule has 0 aromatic heterocycles. The highest BCUT2D eigenvalue weighted by Crippen LogP contribution is 2.20. The summed E-state index contributed by atoms with van der Waals surface area (Å²) in [5.41, 5.74) is 0. The van der Waals surface area contributed by atoms with Crippen LogP contribution in [0, 0.1) is 0 Å². The molecule has 1 aliphatic heterocycles. The SMILES string of the molecule is O=C(O)[C@H]1C[C@H](NS(=O)(=O)c2ccccc2)CN1C(=O)O. The summed E-state index contributed by atoms with van der Waals surface area (Å²) in [4.78, 5) is 22.8. The summed E-state index contributed by atoms with van der Waals surface area (Å²) in [5, 5.41) is 17.9. The minimum absolute atomic E-state index is 0.0469. The third-order valence-electron chi connectivity index (χ3n) is 3.21. The van der Waals surface area contributed by atoms with Crippen molar-refractivity contribution in [1.82, 2.24) is 9.62 Å². The zero-order valence-corrected chi connectivity index (χ0v) is 11.7. The van der Waals surface area contributed by atoms with Crippen LogP contribution in [0.3, 0.4) is 0 Å². The Balaban J connectivity index is 2.14. The van der Waals surface area contributed by atoms with Gasteiger partial charge in [0.1, 0.15) is 6.04 Å². The Morgan fingerprint density at radius 2 is 1.81 bits per heavy atom. The largest absolute Gasteiger partial charge is 0.480 e. The molecular formula is C12H14N2O6S. The molecule has 1 fully saturated rings. The van der Waals surface area contributed by atoms with E-state index in [1.165, 1.54) is 12.1 Å². The number of carbonyl (C=O) groups is 2. The van der Waals surface area contributed by atoms with Crippen molar-refractivity contribution >= 4 is 22.1 Å². The molecule has 1 saturated heterocycles. The second kappa shape index (κ2) is 5.70. The number of hydrogen-bond acceptors (Lipinski definition) is 4. The Morgan fingerprint density at radius 1 is 1.19 bits per heavy atom. The van der Waals surface area contributed by atoms with E-state index in [9.17, 15) is 18.0 Å². The summed E-state index contributed by atoms with van der Waals surface area (Å²) in [6.45, 7) is -0.196. The fourth-order valence-electron chi connectivity index (χ4n) is 2.25. The van der Waals surface area contributed by atoms with Crippen molar-refractivity contribution in [3.63, 3.8) is 0 Å². The molecule has 1 aromatic rings. The van der Waals surface area contributed by atoms with Gasteiger partial charge >= 0.3 is 12.1 Å². The van der Waals surface area contributed by atoms with Crippen molar-refractivity contribution in [2.24, 2.45) is 0 Å². The predicted molar refractivity (Wildman–Crippen MR) is 71.3 cm³/mol. The average Bonchev–Trinajstić information content (AvgIpc) is 2.83. The molecule has 0 spiro atoms. The Kier molecular flexibility index (Phi) is 4.14. The van der Waals surface area contributed by atoms with Crippen LogP contribution in [-0.4, -0.2) is 54.2 Å². The lowest BCUT2D eigenvalue weighted by atomic mass is 10.2. The van der Waals surface area contributed by atoms with Crippen LogP contribution < -0.4 is 4.72 Å². The number of likely N-dealkylation sites (tertiary alicyclic amines) is 1. The molecule has 9 heteroatoms. The first kappa shape index (κ1) is 15.3. The van der Waals surface area contributed by atoms with E-state index in [0.29, 0.717) is 0 Å². The molecule has 1 aliphatic rings. The zero-order chi connectivity index (χ0) is 15.6. The summed E-state index contributed by atoms with van der Waals surface area (Å²) in [7, 11) is -3.80. The molecular weight excluding hydrogens is 300 g/mol. The summed E-state index contributed by atoms with van der Waals surface area (Å²) in [6.07, 6.45) is -1.49. The fraction of sp³-hybridized carbons (Fsp3) is 0.333. The highest BCUT2D eigenvalue weighted by atomic mass is 32.2. The smallest absolute Gasteiger partial charge is 0.408 e.